The molecule has 5 heteroatoms. The average Bonchev–Trinajstić information content (AvgIpc) is 2.41. The molecule has 0 bridgehead atoms. The fraction of sp³-hybridized carbons (Fsp3) is 0.923. The second-order valence-electron chi connectivity index (χ2n) is 5.33. The lowest BCUT2D eigenvalue weighted by Crippen LogP contribution is -2.48. The molecule has 0 aromatic carbocycles. The van der Waals surface area contributed by atoms with Gasteiger partial charge in [0.25, 0.3) is 0 Å². The Hall–Kier alpha value is -0.810. The Morgan fingerprint density at radius 3 is 2.61 bits per heavy atom. The first-order chi connectivity index (χ1) is 8.84. The molecule has 1 heterocycles. The number of nitrogens with one attached hydrogen (secondary N) is 3. The highest BCUT2D eigenvalue weighted by atomic mass is 16.2. The molecular weight excluding hydrogens is 228 g/mol. The van der Waals surface area contributed by atoms with Crippen LogP contribution in [0, 0.1) is 0 Å². The maximum atomic E-state index is 11.7. The molecule has 5 nitrogen and oxygen atoms in total. The van der Waals surface area contributed by atoms with E-state index in [2.05, 4.69) is 20.9 Å². The average molecular weight is 254 g/mol. The summed E-state index contributed by atoms with van der Waals surface area (Å²) in [6.07, 6.45) is 6.12. The van der Waals surface area contributed by atoms with Gasteiger partial charge in [0.1, 0.15) is 0 Å². The summed E-state index contributed by atoms with van der Waals surface area (Å²) in [6.45, 7) is 6.01. The molecular formula is C13H26N4O. The summed E-state index contributed by atoms with van der Waals surface area (Å²) in [5.74, 6) is 0. The van der Waals surface area contributed by atoms with Crippen LogP contribution < -0.4 is 16.0 Å². The number of urea groups is 1. The molecule has 3 N–H and O–H groups in total. The predicted octanol–water partition coefficient (Wildman–Crippen LogP) is 0.524. The molecule has 2 aliphatic rings. The molecule has 104 valence electrons. The van der Waals surface area contributed by atoms with Crippen LogP contribution in [0.15, 0.2) is 0 Å². The van der Waals surface area contributed by atoms with Gasteiger partial charge in [0.15, 0.2) is 0 Å². The Bertz CT molecular complexity index is 247. The van der Waals surface area contributed by atoms with Gasteiger partial charge < -0.3 is 16.0 Å². The molecule has 0 spiro atoms. The van der Waals surface area contributed by atoms with Gasteiger partial charge in [0.05, 0.1) is 0 Å². The van der Waals surface area contributed by atoms with Crippen LogP contribution in [0.3, 0.4) is 0 Å². The van der Waals surface area contributed by atoms with E-state index in [1.54, 1.807) is 0 Å². The molecule has 0 atom stereocenters. The maximum absolute atomic E-state index is 11.7. The summed E-state index contributed by atoms with van der Waals surface area (Å²) in [7, 11) is 0. The Morgan fingerprint density at radius 2 is 1.89 bits per heavy atom. The zero-order chi connectivity index (χ0) is 12.6. The predicted molar refractivity (Wildman–Crippen MR) is 72.7 cm³/mol. The topological polar surface area (TPSA) is 56.4 Å². The number of hydrogen-bond donors (Lipinski definition) is 3. The SMILES string of the molecule is O=C(NCCN1CCNCC1)NC1CCCCC1. The first-order valence-electron chi connectivity index (χ1n) is 7.32. The molecule has 1 aliphatic heterocycles. The van der Waals surface area contributed by atoms with Crippen molar-refractivity contribution in [2.24, 2.45) is 0 Å². The van der Waals surface area contributed by atoms with Gasteiger partial charge in [-0.05, 0) is 12.8 Å². The number of piperazine rings is 1. The lowest BCUT2D eigenvalue weighted by Gasteiger charge is -2.27. The highest BCUT2D eigenvalue weighted by Crippen LogP contribution is 2.16. The van der Waals surface area contributed by atoms with Gasteiger partial charge in [-0.2, -0.15) is 0 Å². The lowest BCUT2D eigenvalue weighted by atomic mass is 9.96. The van der Waals surface area contributed by atoms with Crippen LogP contribution in [0.25, 0.3) is 0 Å². The van der Waals surface area contributed by atoms with E-state index in [9.17, 15) is 4.79 Å². The zero-order valence-electron chi connectivity index (χ0n) is 11.2. The van der Waals surface area contributed by atoms with Crippen LogP contribution in [0.4, 0.5) is 4.79 Å². The highest BCUT2D eigenvalue weighted by molar-refractivity contribution is 5.74. The van der Waals surface area contributed by atoms with Crippen LogP contribution in [0.1, 0.15) is 32.1 Å². The van der Waals surface area contributed by atoms with Gasteiger partial charge in [-0.25, -0.2) is 4.79 Å². The second-order valence-corrected chi connectivity index (χ2v) is 5.33. The summed E-state index contributed by atoms with van der Waals surface area (Å²) >= 11 is 0. The Morgan fingerprint density at radius 1 is 1.17 bits per heavy atom. The van der Waals surface area contributed by atoms with Crippen LogP contribution in [-0.2, 0) is 0 Å². The third kappa shape index (κ3) is 4.82. The van der Waals surface area contributed by atoms with E-state index in [1.807, 2.05) is 0 Å². The van der Waals surface area contributed by atoms with E-state index in [1.165, 1.54) is 19.3 Å². The Balaban J connectivity index is 1.53. The van der Waals surface area contributed by atoms with Gasteiger partial charge in [0.2, 0.25) is 0 Å². The van der Waals surface area contributed by atoms with E-state index in [4.69, 9.17) is 0 Å². The molecule has 1 aliphatic carbocycles. The van der Waals surface area contributed by atoms with Crippen molar-refractivity contribution in [3.63, 3.8) is 0 Å². The number of amides is 2. The minimum Gasteiger partial charge on any atom is -0.337 e. The summed E-state index contributed by atoms with van der Waals surface area (Å²) in [5, 5.41) is 9.37. The van der Waals surface area contributed by atoms with Crippen molar-refractivity contribution in [1.29, 1.82) is 0 Å². The molecule has 1 saturated carbocycles. The first-order valence-corrected chi connectivity index (χ1v) is 7.32. The maximum Gasteiger partial charge on any atom is 0.315 e. The zero-order valence-corrected chi connectivity index (χ0v) is 11.2. The van der Waals surface area contributed by atoms with Crippen molar-refractivity contribution in [3.8, 4) is 0 Å². The summed E-state index contributed by atoms with van der Waals surface area (Å²) in [4.78, 5) is 14.1. The number of hydrogen-bond acceptors (Lipinski definition) is 3. The number of carbonyl (C=O) groups excluding carboxylic acids is 1. The quantitative estimate of drug-likeness (QED) is 0.686. The van der Waals surface area contributed by atoms with Gasteiger partial charge in [-0.15, -0.1) is 0 Å². The van der Waals surface area contributed by atoms with E-state index >= 15 is 0 Å². The third-order valence-corrected chi connectivity index (χ3v) is 3.86. The largest absolute Gasteiger partial charge is 0.337 e. The minimum atomic E-state index is 0.0111. The van der Waals surface area contributed by atoms with Gasteiger partial charge in [-0.1, -0.05) is 19.3 Å². The van der Waals surface area contributed by atoms with Crippen molar-refractivity contribution in [2.45, 2.75) is 38.1 Å². The van der Waals surface area contributed by atoms with E-state index < -0.39 is 0 Å². The number of carbonyl (C=O) groups is 1. The van der Waals surface area contributed by atoms with E-state index in [-0.39, 0.29) is 6.03 Å². The summed E-state index contributed by atoms with van der Waals surface area (Å²) < 4.78 is 0. The molecule has 0 aromatic rings. The lowest BCUT2D eigenvalue weighted by molar-refractivity contribution is 0.222. The molecule has 1 saturated heterocycles. The Kier molecular flexibility index (Phi) is 5.74. The molecule has 2 amide bonds. The highest BCUT2D eigenvalue weighted by Gasteiger charge is 2.15. The Labute approximate surface area is 110 Å². The number of rotatable bonds is 4. The van der Waals surface area contributed by atoms with Crippen LogP contribution in [0.2, 0.25) is 0 Å². The van der Waals surface area contributed by atoms with Crippen LogP contribution in [0.5, 0.6) is 0 Å². The second kappa shape index (κ2) is 7.59. The van der Waals surface area contributed by atoms with Crippen molar-refractivity contribution >= 4 is 6.03 Å². The van der Waals surface area contributed by atoms with Crippen LogP contribution in [-0.4, -0.2) is 56.2 Å². The van der Waals surface area contributed by atoms with Crippen LogP contribution >= 0.6 is 0 Å². The van der Waals surface area contributed by atoms with Crippen molar-refractivity contribution in [3.05, 3.63) is 0 Å². The molecule has 2 fully saturated rings. The van der Waals surface area contributed by atoms with Crippen molar-refractivity contribution < 1.29 is 4.79 Å². The van der Waals surface area contributed by atoms with Crippen molar-refractivity contribution in [2.75, 3.05) is 39.3 Å². The third-order valence-electron chi connectivity index (χ3n) is 3.86. The van der Waals surface area contributed by atoms with Crippen molar-refractivity contribution in [1.82, 2.24) is 20.9 Å². The molecule has 0 radical (unpaired) electrons. The van der Waals surface area contributed by atoms with E-state index in [0.717, 1.165) is 52.1 Å². The number of nitrogens with zero attached hydrogens (tertiary/aromatic N) is 1. The molecule has 0 unspecified atom stereocenters. The fourth-order valence-electron chi connectivity index (χ4n) is 2.75. The summed E-state index contributed by atoms with van der Waals surface area (Å²) in [5.41, 5.74) is 0. The summed E-state index contributed by atoms with van der Waals surface area (Å²) in [6, 6.07) is 0.412. The van der Waals surface area contributed by atoms with Gasteiger partial charge >= 0.3 is 6.03 Å². The minimum absolute atomic E-state index is 0.0111. The fourth-order valence-corrected chi connectivity index (χ4v) is 2.75. The normalized spacial score (nSPS) is 22.7. The van der Waals surface area contributed by atoms with Gasteiger partial charge in [-0.3, -0.25) is 4.90 Å². The standard InChI is InChI=1S/C13H26N4O/c18-13(16-12-4-2-1-3-5-12)15-8-11-17-9-6-14-7-10-17/h12,14H,1-11H2,(H2,15,16,18). The smallest absolute Gasteiger partial charge is 0.315 e. The molecule has 18 heavy (non-hydrogen) atoms. The van der Waals surface area contributed by atoms with E-state index in [0.29, 0.717) is 6.04 Å². The molecule has 2 rings (SSSR count). The first kappa shape index (κ1) is 13.6. The van der Waals surface area contributed by atoms with Gasteiger partial charge in [0, 0.05) is 45.3 Å². The molecule has 0 aromatic heterocycles. The monoisotopic (exact) mass is 254 g/mol.